The number of nitrogens with zero attached hydrogens (tertiary/aromatic N) is 3. The average molecular weight is 518 g/mol. The second-order valence-electron chi connectivity index (χ2n) is 9.69. The number of ether oxygens (including phenoxy) is 1. The number of likely N-dealkylation sites (tertiary alicyclic amines) is 3. The molecule has 0 aliphatic carbocycles. The molecule has 9 nitrogen and oxygen atoms in total. The van der Waals surface area contributed by atoms with Gasteiger partial charge in [0, 0.05) is 58.3 Å². The van der Waals surface area contributed by atoms with Gasteiger partial charge in [0.25, 0.3) is 5.91 Å². The molecule has 12 heteroatoms. The molecule has 4 rings (SSSR count). The van der Waals surface area contributed by atoms with Gasteiger partial charge in [-0.3, -0.25) is 14.5 Å². The fourth-order valence-corrected chi connectivity index (χ4v) is 5.89. The van der Waals surface area contributed by atoms with Crippen molar-refractivity contribution < 1.29 is 41.8 Å². The Balaban J connectivity index is 0.000000454. The summed E-state index contributed by atoms with van der Waals surface area (Å²) in [6.07, 6.45) is -0.826. The first kappa shape index (κ1) is 28.0. The summed E-state index contributed by atoms with van der Waals surface area (Å²) in [5.74, 6) is -1.72. The molecule has 2 amide bonds. The van der Waals surface area contributed by atoms with Crippen molar-refractivity contribution in [3.63, 3.8) is 0 Å². The highest BCUT2D eigenvalue weighted by atomic mass is 19.4. The van der Waals surface area contributed by atoms with E-state index in [4.69, 9.17) is 19.1 Å². The van der Waals surface area contributed by atoms with Gasteiger partial charge in [-0.2, -0.15) is 13.2 Å². The van der Waals surface area contributed by atoms with E-state index in [1.54, 1.807) is 19.4 Å². The van der Waals surface area contributed by atoms with E-state index >= 15 is 0 Å². The van der Waals surface area contributed by atoms with Crippen molar-refractivity contribution in [3.8, 4) is 0 Å². The summed E-state index contributed by atoms with van der Waals surface area (Å²) in [6.45, 7) is 10.2. The first-order chi connectivity index (χ1) is 16.9. The first-order valence-corrected chi connectivity index (χ1v) is 12.0. The summed E-state index contributed by atoms with van der Waals surface area (Å²) in [6, 6.07) is 1.76. The lowest BCUT2D eigenvalue weighted by atomic mass is 9.60. The highest BCUT2D eigenvalue weighted by molar-refractivity contribution is 5.95. The Morgan fingerprint density at radius 1 is 1.17 bits per heavy atom. The third-order valence-electron chi connectivity index (χ3n) is 7.87. The predicted molar refractivity (Wildman–Crippen MR) is 122 cm³/mol. The number of carbonyl (C=O) groups excluding carboxylic acids is 2. The number of halogens is 3. The van der Waals surface area contributed by atoms with E-state index < -0.39 is 12.1 Å². The number of carboxylic acid groups (broad SMARTS) is 1. The van der Waals surface area contributed by atoms with Gasteiger partial charge in [0.05, 0.1) is 23.8 Å². The van der Waals surface area contributed by atoms with Gasteiger partial charge in [0.1, 0.15) is 5.76 Å². The maximum atomic E-state index is 13.5. The third-order valence-corrected chi connectivity index (χ3v) is 7.87. The lowest BCUT2D eigenvalue weighted by molar-refractivity contribution is -0.192. The van der Waals surface area contributed by atoms with Crippen molar-refractivity contribution in [1.82, 2.24) is 14.7 Å². The molecule has 0 saturated carbocycles. The molecule has 3 aliphatic rings. The number of alkyl halides is 3. The fourth-order valence-electron chi connectivity index (χ4n) is 5.89. The minimum Gasteiger partial charge on any atom is -0.475 e. The number of amides is 2. The lowest BCUT2D eigenvalue weighted by Gasteiger charge is -2.47. The molecule has 1 aromatic rings. The van der Waals surface area contributed by atoms with Gasteiger partial charge in [0.15, 0.2) is 0 Å². The normalized spacial score (nSPS) is 23.9. The van der Waals surface area contributed by atoms with Gasteiger partial charge in [-0.05, 0) is 39.2 Å². The molecule has 202 valence electrons. The van der Waals surface area contributed by atoms with Crippen LogP contribution in [-0.2, 0) is 14.3 Å². The van der Waals surface area contributed by atoms with Crippen molar-refractivity contribution in [2.24, 2.45) is 10.8 Å². The number of fused-ring (bicyclic) bond motifs is 1. The van der Waals surface area contributed by atoms with Crippen LogP contribution in [0, 0.1) is 17.8 Å². The Kier molecular flexibility index (Phi) is 8.39. The number of carboxylic acids is 1. The average Bonchev–Trinajstić information content (AvgIpc) is 3.49. The van der Waals surface area contributed by atoms with Crippen LogP contribution < -0.4 is 0 Å². The van der Waals surface area contributed by atoms with Gasteiger partial charge in [-0.1, -0.05) is 0 Å². The molecule has 2 spiro atoms. The molecule has 0 aromatic carbocycles. The lowest BCUT2D eigenvalue weighted by Crippen LogP contribution is -2.53. The van der Waals surface area contributed by atoms with E-state index in [9.17, 15) is 22.8 Å². The van der Waals surface area contributed by atoms with Crippen LogP contribution in [0.25, 0.3) is 0 Å². The van der Waals surface area contributed by atoms with Crippen LogP contribution in [0.3, 0.4) is 0 Å². The van der Waals surface area contributed by atoms with E-state index in [0.29, 0.717) is 36.9 Å². The molecular weight excluding hydrogens is 483 g/mol. The monoisotopic (exact) mass is 517 g/mol. The molecule has 0 bridgehead atoms. The molecule has 3 saturated heterocycles. The summed E-state index contributed by atoms with van der Waals surface area (Å²) < 4.78 is 42.4. The van der Waals surface area contributed by atoms with Crippen molar-refractivity contribution in [3.05, 3.63) is 23.7 Å². The molecular formula is C24H34F3N3O6. The molecule has 1 unspecified atom stereocenters. The topological polar surface area (TPSA) is 104 Å². The van der Waals surface area contributed by atoms with E-state index in [-0.39, 0.29) is 16.7 Å². The SMILES string of the molecule is CCN1CCC2(CN(CCOC)CC23CCN(C(=O)c2ccoc2C)CC3)C1=O.O=C(O)C(F)(F)F. The summed E-state index contributed by atoms with van der Waals surface area (Å²) in [7, 11) is 1.73. The number of piperidine rings is 1. The Morgan fingerprint density at radius 3 is 2.28 bits per heavy atom. The van der Waals surface area contributed by atoms with E-state index in [1.165, 1.54) is 0 Å². The molecule has 1 aromatic heterocycles. The Labute approximate surface area is 208 Å². The molecule has 1 N–H and O–H groups in total. The van der Waals surface area contributed by atoms with Gasteiger partial charge in [0.2, 0.25) is 5.91 Å². The van der Waals surface area contributed by atoms with E-state index in [0.717, 1.165) is 52.0 Å². The zero-order valence-corrected chi connectivity index (χ0v) is 20.9. The van der Waals surface area contributed by atoms with Crippen molar-refractivity contribution in [2.45, 2.75) is 39.3 Å². The van der Waals surface area contributed by atoms with Gasteiger partial charge >= 0.3 is 12.1 Å². The number of hydrogen-bond acceptors (Lipinski definition) is 6. The Morgan fingerprint density at radius 2 is 1.81 bits per heavy atom. The minimum absolute atomic E-state index is 0.0438. The van der Waals surface area contributed by atoms with Crippen LogP contribution in [0.1, 0.15) is 42.3 Å². The highest BCUT2D eigenvalue weighted by Crippen LogP contribution is 2.57. The van der Waals surface area contributed by atoms with Crippen LogP contribution in [0.4, 0.5) is 13.2 Å². The van der Waals surface area contributed by atoms with Crippen LogP contribution >= 0.6 is 0 Å². The second-order valence-corrected chi connectivity index (χ2v) is 9.69. The maximum absolute atomic E-state index is 13.5. The van der Waals surface area contributed by atoms with Crippen LogP contribution in [-0.4, -0.2) is 103 Å². The standard InChI is InChI=1S/C22H33N3O4.C2HF3O2/c1-4-24-11-8-22(20(24)27)16-23(12-14-28-3)15-21(22)6-9-25(10-7-21)19(26)18-5-13-29-17(18)2;3-2(4,5)1(6)7/h5,13H,4,6-12,14-16H2,1-3H3;(H,6,7). The molecule has 4 heterocycles. The summed E-state index contributed by atoms with van der Waals surface area (Å²) in [5.41, 5.74) is 0.291. The van der Waals surface area contributed by atoms with Gasteiger partial charge < -0.3 is 24.1 Å². The zero-order valence-electron chi connectivity index (χ0n) is 20.9. The first-order valence-electron chi connectivity index (χ1n) is 12.0. The van der Waals surface area contributed by atoms with Crippen LogP contribution in [0.2, 0.25) is 0 Å². The number of carbonyl (C=O) groups is 3. The molecule has 36 heavy (non-hydrogen) atoms. The zero-order chi connectivity index (χ0) is 26.7. The highest BCUT2D eigenvalue weighted by Gasteiger charge is 2.64. The van der Waals surface area contributed by atoms with Crippen molar-refractivity contribution in [1.29, 1.82) is 0 Å². The number of aryl methyl sites for hydroxylation is 1. The molecule has 0 radical (unpaired) electrons. The van der Waals surface area contributed by atoms with Crippen molar-refractivity contribution >= 4 is 17.8 Å². The van der Waals surface area contributed by atoms with E-state index in [2.05, 4.69) is 11.8 Å². The minimum atomic E-state index is -5.08. The number of aliphatic carboxylic acids is 1. The predicted octanol–water partition coefficient (Wildman–Crippen LogP) is 2.64. The second kappa shape index (κ2) is 10.8. The molecule has 3 fully saturated rings. The van der Waals surface area contributed by atoms with Gasteiger partial charge in [-0.15, -0.1) is 0 Å². The fraction of sp³-hybridized carbons (Fsp3) is 0.708. The van der Waals surface area contributed by atoms with Crippen molar-refractivity contribution in [2.75, 3.05) is 59.5 Å². The summed E-state index contributed by atoms with van der Waals surface area (Å²) in [4.78, 5) is 41.7. The summed E-state index contributed by atoms with van der Waals surface area (Å²) in [5, 5.41) is 7.12. The van der Waals surface area contributed by atoms with Crippen LogP contribution in [0.5, 0.6) is 0 Å². The number of hydrogen-bond donors (Lipinski definition) is 1. The summed E-state index contributed by atoms with van der Waals surface area (Å²) >= 11 is 0. The number of methoxy groups -OCH3 is 1. The Hall–Kier alpha value is -2.60. The largest absolute Gasteiger partial charge is 0.490 e. The molecule has 1 atom stereocenters. The number of rotatable bonds is 5. The Bertz CT molecular complexity index is 957. The smallest absolute Gasteiger partial charge is 0.475 e. The molecule has 3 aliphatic heterocycles. The van der Waals surface area contributed by atoms with Gasteiger partial charge in [-0.25, -0.2) is 4.79 Å². The third kappa shape index (κ3) is 5.24. The van der Waals surface area contributed by atoms with Crippen LogP contribution in [0.15, 0.2) is 16.7 Å². The quantitative estimate of drug-likeness (QED) is 0.641. The maximum Gasteiger partial charge on any atom is 0.490 e. The van der Waals surface area contributed by atoms with E-state index in [1.807, 2.05) is 16.7 Å². The number of furan rings is 1.